The number of nitrogens with zero attached hydrogens (tertiary/aromatic N) is 2. The number of likely N-dealkylation sites (N-methyl/N-ethyl adjacent to an activating group) is 1. The second-order valence-electron chi connectivity index (χ2n) is 6.00. The van der Waals surface area contributed by atoms with Gasteiger partial charge in [-0.3, -0.25) is 9.69 Å². The lowest BCUT2D eigenvalue weighted by atomic mass is 10.0. The van der Waals surface area contributed by atoms with Crippen molar-refractivity contribution in [3.8, 4) is 0 Å². The fourth-order valence-electron chi connectivity index (χ4n) is 3.00. The van der Waals surface area contributed by atoms with Crippen LogP contribution in [0.5, 0.6) is 0 Å². The average Bonchev–Trinajstić information content (AvgIpc) is 2.52. The molecule has 0 amide bonds. The highest BCUT2D eigenvalue weighted by Gasteiger charge is 2.20. The third-order valence-corrected chi connectivity index (χ3v) is 4.64. The maximum atomic E-state index is 12.6. The first kappa shape index (κ1) is 16.2. The maximum absolute atomic E-state index is 12.6. The van der Waals surface area contributed by atoms with E-state index in [0.717, 1.165) is 44.6 Å². The van der Waals surface area contributed by atoms with Gasteiger partial charge in [0.05, 0.1) is 0 Å². The molecule has 2 rings (SSSR count). The van der Waals surface area contributed by atoms with Crippen LogP contribution in [0.15, 0.2) is 10.9 Å². The summed E-state index contributed by atoms with van der Waals surface area (Å²) in [5.74, 6) is 0. The number of rotatable bonds is 6. The molecule has 1 aromatic rings. The molecule has 1 aliphatic heterocycles. The lowest BCUT2D eigenvalue weighted by Gasteiger charge is -2.30. The summed E-state index contributed by atoms with van der Waals surface area (Å²) in [5.41, 5.74) is 3.69. The van der Waals surface area contributed by atoms with Crippen molar-refractivity contribution in [2.24, 2.45) is 0 Å². The molecule has 0 bridgehead atoms. The van der Waals surface area contributed by atoms with E-state index in [0.29, 0.717) is 12.6 Å². The lowest BCUT2D eigenvalue weighted by molar-refractivity contribution is 0.261. The zero-order valence-corrected chi connectivity index (χ0v) is 13.9. The highest BCUT2D eigenvalue weighted by molar-refractivity contribution is 5.29. The van der Waals surface area contributed by atoms with Gasteiger partial charge in [0.25, 0.3) is 5.56 Å². The first-order valence-electron chi connectivity index (χ1n) is 8.30. The average molecular weight is 291 g/mol. The molecule has 0 saturated carbocycles. The van der Waals surface area contributed by atoms with Gasteiger partial charge in [0.15, 0.2) is 0 Å². The summed E-state index contributed by atoms with van der Waals surface area (Å²) in [6.07, 6.45) is 2.07. The van der Waals surface area contributed by atoms with Crippen molar-refractivity contribution in [3.05, 3.63) is 33.2 Å². The predicted octanol–water partition coefficient (Wildman–Crippen LogP) is 2.13. The first-order chi connectivity index (χ1) is 10.1. The van der Waals surface area contributed by atoms with Gasteiger partial charge in [-0.25, -0.2) is 0 Å². The number of pyridine rings is 1. The molecule has 0 spiro atoms. The fourth-order valence-corrected chi connectivity index (χ4v) is 3.00. The van der Waals surface area contributed by atoms with Gasteiger partial charge in [0.2, 0.25) is 0 Å². The van der Waals surface area contributed by atoms with Gasteiger partial charge in [0, 0.05) is 49.9 Å². The van der Waals surface area contributed by atoms with Crippen LogP contribution in [0.1, 0.15) is 50.9 Å². The summed E-state index contributed by atoms with van der Waals surface area (Å²) in [7, 11) is 0. The van der Waals surface area contributed by atoms with E-state index < -0.39 is 0 Å². The van der Waals surface area contributed by atoms with E-state index in [1.54, 1.807) is 0 Å². The highest BCUT2D eigenvalue weighted by Crippen LogP contribution is 2.18. The van der Waals surface area contributed by atoms with Crippen molar-refractivity contribution < 1.29 is 0 Å². The normalized spacial score (nSPS) is 16.8. The number of nitrogens with one attached hydrogen (secondary N) is 1. The number of fused-ring (bicyclic) bond motifs is 1. The molecule has 1 aliphatic rings. The molecule has 118 valence electrons. The minimum absolute atomic E-state index is 0.192. The molecule has 4 nitrogen and oxygen atoms in total. The Kier molecular flexibility index (Phi) is 5.59. The van der Waals surface area contributed by atoms with Crippen LogP contribution in [0, 0.1) is 0 Å². The van der Waals surface area contributed by atoms with Crippen LogP contribution < -0.4 is 10.9 Å². The maximum Gasteiger partial charge on any atom is 0.255 e. The third kappa shape index (κ3) is 3.55. The van der Waals surface area contributed by atoms with Crippen molar-refractivity contribution in [2.45, 2.75) is 66.2 Å². The second kappa shape index (κ2) is 7.23. The van der Waals surface area contributed by atoms with E-state index in [-0.39, 0.29) is 5.56 Å². The Morgan fingerprint density at radius 1 is 1.29 bits per heavy atom. The van der Waals surface area contributed by atoms with E-state index in [9.17, 15) is 4.79 Å². The molecule has 4 heteroatoms. The van der Waals surface area contributed by atoms with E-state index in [2.05, 4.69) is 44.0 Å². The molecular formula is C17H29N3O. The van der Waals surface area contributed by atoms with Crippen molar-refractivity contribution in [3.63, 3.8) is 0 Å². The summed E-state index contributed by atoms with van der Waals surface area (Å²) < 4.78 is 1.98. The molecule has 1 aromatic heterocycles. The fraction of sp³-hybridized carbons (Fsp3) is 0.706. The van der Waals surface area contributed by atoms with Crippen LogP contribution in [0.2, 0.25) is 0 Å². The summed E-state index contributed by atoms with van der Waals surface area (Å²) in [5, 5.41) is 3.45. The Bertz CT molecular complexity index is 536. The van der Waals surface area contributed by atoms with Crippen LogP contribution >= 0.6 is 0 Å². The van der Waals surface area contributed by atoms with E-state index >= 15 is 0 Å². The highest BCUT2D eigenvalue weighted by atomic mass is 16.1. The summed E-state index contributed by atoms with van der Waals surface area (Å²) in [6.45, 7) is 13.1. The van der Waals surface area contributed by atoms with E-state index in [4.69, 9.17) is 0 Å². The van der Waals surface area contributed by atoms with Crippen molar-refractivity contribution in [1.29, 1.82) is 0 Å². The van der Waals surface area contributed by atoms with Gasteiger partial charge < -0.3 is 9.88 Å². The topological polar surface area (TPSA) is 37.3 Å². The molecule has 0 aromatic carbocycles. The third-order valence-electron chi connectivity index (χ3n) is 4.64. The molecule has 0 radical (unpaired) electrons. The standard InChI is InChI=1S/C17H29N3O/c1-5-13(4)18-11-14-10-15-12-19(6-2)9-8-16(15)20(7-3)17(14)21/h10,13,18H,5-9,11-12H2,1-4H3. The molecule has 1 unspecified atom stereocenters. The largest absolute Gasteiger partial charge is 0.312 e. The lowest BCUT2D eigenvalue weighted by Crippen LogP contribution is -2.38. The Labute approximate surface area is 128 Å². The minimum atomic E-state index is 0.192. The first-order valence-corrected chi connectivity index (χ1v) is 8.30. The van der Waals surface area contributed by atoms with E-state index in [1.807, 2.05) is 4.57 Å². The molecule has 1 N–H and O–H groups in total. The van der Waals surface area contributed by atoms with Crippen LogP contribution in [-0.2, 0) is 26.1 Å². The Balaban J connectivity index is 2.32. The number of hydrogen-bond acceptors (Lipinski definition) is 3. The van der Waals surface area contributed by atoms with Crippen molar-refractivity contribution in [2.75, 3.05) is 13.1 Å². The monoisotopic (exact) mass is 291 g/mol. The molecule has 1 atom stereocenters. The van der Waals surface area contributed by atoms with E-state index in [1.165, 1.54) is 11.3 Å². The van der Waals surface area contributed by atoms with Gasteiger partial charge >= 0.3 is 0 Å². The smallest absolute Gasteiger partial charge is 0.255 e. The van der Waals surface area contributed by atoms with Gasteiger partial charge in [-0.1, -0.05) is 13.8 Å². The SMILES string of the molecule is CCC(C)NCc1cc2c(n(CC)c1=O)CCN(CC)C2. The summed E-state index contributed by atoms with van der Waals surface area (Å²) >= 11 is 0. The quantitative estimate of drug-likeness (QED) is 0.872. The zero-order chi connectivity index (χ0) is 15.4. The Morgan fingerprint density at radius 3 is 2.67 bits per heavy atom. The van der Waals surface area contributed by atoms with Gasteiger partial charge in [-0.2, -0.15) is 0 Å². The van der Waals surface area contributed by atoms with Gasteiger partial charge in [0.1, 0.15) is 0 Å². The molecule has 21 heavy (non-hydrogen) atoms. The predicted molar refractivity (Wildman–Crippen MR) is 87.6 cm³/mol. The Morgan fingerprint density at radius 2 is 2.05 bits per heavy atom. The van der Waals surface area contributed by atoms with Gasteiger partial charge in [-0.05, 0) is 38.4 Å². The zero-order valence-electron chi connectivity index (χ0n) is 13.9. The molecular weight excluding hydrogens is 262 g/mol. The molecule has 0 fully saturated rings. The number of aromatic nitrogens is 1. The van der Waals surface area contributed by atoms with Crippen LogP contribution in [0.3, 0.4) is 0 Å². The van der Waals surface area contributed by atoms with Crippen LogP contribution in [0.25, 0.3) is 0 Å². The minimum Gasteiger partial charge on any atom is -0.312 e. The van der Waals surface area contributed by atoms with Crippen molar-refractivity contribution in [1.82, 2.24) is 14.8 Å². The summed E-state index contributed by atoms with van der Waals surface area (Å²) in [6, 6.07) is 2.59. The van der Waals surface area contributed by atoms with Crippen LogP contribution in [0.4, 0.5) is 0 Å². The molecule has 0 saturated heterocycles. The van der Waals surface area contributed by atoms with Crippen molar-refractivity contribution >= 4 is 0 Å². The second-order valence-corrected chi connectivity index (χ2v) is 6.00. The Hall–Kier alpha value is -1.13. The van der Waals surface area contributed by atoms with Gasteiger partial charge in [-0.15, -0.1) is 0 Å². The summed E-state index contributed by atoms with van der Waals surface area (Å²) in [4.78, 5) is 15.1. The molecule has 0 aliphatic carbocycles. The van der Waals surface area contributed by atoms with Crippen LogP contribution in [-0.4, -0.2) is 28.6 Å². The number of hydrogen-bond donors (Lipinski definition) is 1. The molecule has 2 heterocycles.